The van der Waals surface area contributed by atoms with Gasteiger partial charge in [-0.25, -0.2) is 0 Å². The van der Waals surface area contributed by atoms with Gasteiger partial charge in [0, 0.05) is 22.8 Å². The predicted octanol–water partition coefficient (Wildman–Crippen LogP) is 4.77. The summed E-state index contributed by atoms with van der Waals surface area (Å²) in [7, 11) is 1.59. The van der Waals surface area contributed by atoms with Crippen molar-refractivity contribution in [2.45, 2.75) is 32.6 Å². The van der Waals surface area contributed by atoms with E-state index in [9.17, 15) is 4.79 Å². The molecule has 0 spiro atoms. The number of ether oxygens (including phenoxy) is 2. The van der Waals surface area contributed by atoms with Crippen LogP contribution in [0.3, 0.4) is 0 Å². The van der Waals surface area contributed by atoms with Crippen molar-refractivity contribution >= 4 is 22.5 Å². The van der Waals surface area contributed by atoms with Crippen LogP contribution in [0.25, 0.3) is 10.9 Å². The summed E-state index contributed by atoms with van der Waals surface area (Å²) in [5.41, 5.74) is 4.43. The molecule has 28 heavy (non-hydrogen) atoms. The van der Waals surface area contributed by atoms with Gasteiger partial charge in [-0.15, -0.1) is 0 Å². The summed E-state index contributed by atoms with van der Waals surface area (Å²) < 4.78 is 11.0. The maximum absolute atomic E-state index is 13.3. The van der Waals surface area contributed by atoms with Crippen LogP contribution in [0.15, 0.2) is 42.5 Å². The Balaban J connectivity index is 1.73. The van der Waals surface area contributed by atoms with E-state index >= 15 is 0 Å². The highest BCUT2D eigenvalue weighted by Gasteiger charge is 2.22. The number of methoxy groups -OCH3 is 1. The van der Waals surface area contributed by atoms with Crippen LogP contribution in [-0.4, -0.2) is 24.6 Å². The third-order valence-corrected chi connectivity index (χ3v) is 5.12. The molecular weight excluding hydrogens is 352 g/mol. The predicted molar refractivity (Wildman–Crippen MR) is 111 cm³/mol. The van der Waals surface area contributed by atoms with Gasteiger partial charge in [0.1, 0.15) is 0 Å². The summed E-state index contributed by atoms with van der Waals surface area (Å²) in [5.74, 6) is 1.15. The number of hydrogen-bond acceptors (Lipinski definition) is 4. The molecule has 0 unspecified atom stereocenters. The van der Waals surface area contributed by atoms with Crippen molar-refractivity contribution < 1.29 is 14.3 Å². The summed E-state index contributed by atoms with van der Waals surface area (Å²) in [6.07, 6.45) is 4.03. The van der Waals surface area contributed by atoms with Crippen LogP contribution in [0.1, 0.15) is 41.4 Å². The molecule has 1 N–H and O–H groups in total. The molecule has 0 atom stereocenters. The summed E-state index contributed by atoms with van der Waals surface area (Å²) in [6, 6.07) is 13.3. The topological polar surface area (TPSA) is 60.5 Å². The van der Waals surface area contributed by atoms with Gasteiger partial charge in [-0.2, -0.15) is 0 Å². The van der Waals surface area contributed by atoms with Crippen LogP contribution < -0.4 is 14.8 Å². The van der Waals surface area contributed by atoms with Crippen LogP contribution >= 0.6 is 0 Å². The normalized spacial score (nSPS) is 13.1. The number of anilines is 1. The average molecular weight is 376 g/mol. The molecule has 0 aliphatic heterocycles. The fourth-order valence-corrected chi connectivity index (χ4v) is 3.85. The molecule has 1 heterocycles. The van der Waals surface area contributed by atoms with Crippen LogP contribution in [0, 0.1) is 0 Å². The number of nitrogens with one attached hydrogen (secondary N) is 1. The second-order valence-electron chi connectivity index (χ2n) is 6.89. The Hall–Kier alpha value is -3.08. The second-order valence-corrected chi connectivity index (χ2v) is 6.89. The molecule has 0 bridgehead atoms. The molecule has 5 heteroatoms. The average Bonchev–Trinajstić information content (AvgIpc) is 2.73. The van der Waals surface area contributed by atoms with E-state index in [1.807, 2.05) is 43.3 Å². The van der Waals surface area contributed by atoms with Crippen molar-refractivity contribution in [3.05, 3.63) is 59.3 Å². The number of carbonyl (C=O) groups is 1. The van der Waals surface area contributed by atoms with Crippen molar-refractivity contribution in [3.63, 3.8) is 0 Å². The molecule has 1 aliphatic carbocycles. The molecule has 3 aromatic rings. The van der Waals surface area contributed by atoms with Gasteiger partial charge in [-0.1, -0.05) is 18.2 Å². The fraction of sp³-hybridized carbons (Fsp3) is 0.304. The molecule has 0 saturated carbocycles. The Morgan fingerprint density at radius 2 is 1.93 bits per heavy atom. The van der Waals surface area contributed by atoms with E-state index in [2.05, 4.69) is 5.32 Å². The zero-order valence-corrected chi connectivity index (χ0v) is 16.2. The zero-order valence-electron chi connectivity index (χ0n) is 16.2. The first-order chi connectivity index (χ1) is 13.7. The van der Waals surface area contributed by atoms with Gasteiger partial charge >= 0.3 is 0 Å². The number of aromatic nitrogens is 1. The maximum atomic E-state index is 13.3. The van der Waals surface area contributed by atoms with Crippen molar-refractivity contribution in [3.8, 4) is 11.5 Å². The van der Waals surface area contributed by atoms with Gasteiger partial charge in [-0.3, -0.25) is 9.78 Å². The number of benzene rings is 2. The summed E-state index contributed by atoms with van der Waals surface area (Å²) in [4.78, 5) is 18.1. The molecule has 144 valence electrons. The minimum absolute atomic E-state index is 0.108. The number of carbonyl (C=O) groups excluding carboxylic acids is 1. The quantitative estimate of drug-likeness (QED) is 0.697. The SMILES string of the molecule is CCOc1ccc(NC(=O)c2c3c(nc4ccccc24)CCCC3)cc1OC. The third-order valence-electron chi connectivity index (χ3n) is 5.12. The van der Waals surface area contributed by atoms with E-state index in [1.165, 1.54) is 0 Å². The lowest BCUT2D eigenvalue weighted by molar-refractivity contribution is 0.102. The monoisotopic (exact) mass is 376 g/mol. The van der Waals surface area contributed by atoms with Gasteiger partial charge in [0.15, 0.2) is 11.5 Å². The molecule has 0 radical (unpaired) electrons. The van der Waals surface area contributed by atoms with Crippen LogP contribution in [0.4, 0.5) is 5.69 Å². The van der Waals surface area contributed by atoms with Crippen LogP contribution in [-0.2, 0) is 12.8 Å². The maximum Gasteiger partial charge on any atom is 0.256 e. The Kier molecular flexibility index (Phi) is 5.15. The third kappa shape index (κ3) is 3.40. The standard InChI is InChI=1S/C23H24N2O3/c1-3-28-20-13-12-15(14-21(20)27-2)24-23(26)22-16-8-4-6-10-18(16)25-19-11-7-5-9-17(19)22/h4,6,8,10,12-14H,3,5,7,9,11H2,1-2H3,(H,24,26). The van der Waals surface area contributed by atoms with Crippen molar-refractivity contribution in [1.29, 1.82) is 0 Å². The summed E-state index contributed by atoms with van der Waals surface area (Å²) in [6.45, 7) is 2.48. The van der Waals surface area contributed by atoms with Crippen molar-refractivity contribution in [1.82, 2.24) is 4.98 Å². The van der Waals surface area contributed by atoms with Gasteiger partial charge in [0.2, 0.25) is 0 Å². The molecule has 4 rings (SSSR count). The first kappa shape index (κ1) is 18.3. The van der Waals surface area contributed by atoms with Crippen molar-refractivity contribution in [2.24, 2.45) is 0 Å². The fourth-order valence-electron chi connectivity index (χ4n) is 3.85. The molecular formula is C23H24N2O3. The lowest BCUT2D eigenvalue weighted by atomic mass is 9.89. The molecule has 0 saturated heterocycles. The van der Waals surface area contributed by atoms with Crippen molar-refractivity contribution in [2.75, 3.05) is 19.0 Å². The number of nitrogens with zero attached hydrogens (tertiary/aromatic N) is 1. The molecule has 1 aromatic heterocycles. The first-order valence-electron chi connectivity index (χ1n) is 9.74. The van der Waals surface area contributed by atoms with E-state index in [0.717, 1.165) is 53.4 Å². The van der Waals surface area contributed by atoms with Gasteiger partial charge in [0.05, 0.1) is 24.8 Å². The summed E-state index contributed by atoms with van der Waals surface area (Å²) in [5, 5.41) is 3.94. The lowest BCUT2D eigenvalue weighted by Crippen LogP contribution is -2.19. The first-order valence-corrected chi connectivity index (χ1v) is 9.74. The zero-order chi connectivity index (χ0) is 19.5. The minimum atomic E-state index is -0.108. The lowest BCUT2D eigenvalue weighted by Gasteiger charge is -2.20. The van der Waals surface area contributed by atoms with Gasteiger partial charge in [-0.05, 0) is 56.4 Å². The highest BCUT2D eigenvalue weighted by molar-refractivity contribution is 6.13. The van der Waals surface area contributed by atoms with Gasteiger partial charge in [0.25, 0.3) is 5.91 Å². The molecule has 0 fully saturated rings. The Morgan fingerprint density at radius 1 is 1.11 bits per heavy atom. The Bertz CT molecular complexity index is 1030. The minimum Gasteiger partial charge on any atom is -0.493 e. The molecule has 5 nitrogen and oxygen atoms in total. The van der Waals surface area contributed by atoms with Crippen LogP contribution in [0.5, 0.6) is 11.5 Å². The number of rotatable bonds is 5. The molecule has 1 amide bonds. The number of amides is 1. The number of para-hydroxylation sites is 1. The van der Waals surface area contributed by atoms with E-state index in [0.29, 0.717) is 23.8 Å². The van der Waals surface area contributed by atoms with Crippen LogP contribution in [0.2, 0.25) is 0 Å². The molecule has 2 aromatic carbocycles. The number of pyridine rings is 1. The highest BCUT2D eigenvalue weighted by atomic mass is 16.5. The number of hydrogen-bond donors (Lipinski definition) is 1. The van der Waals surface area contributed by atoms with Gasteiger partial charge < -0.3 is 14.8 Å². The largest absolute Gasteiger partial charge is 0.493 e. The van der Waals surface area contributed by atoms with E-state index in [4.69, 9.17) is 14.5 Å². The Labute approximate surface area is 164 Å². The van der Waals surface area contributed by atoms with E-state index in [1.54, 1.807) is 13.2 Å². The Morgan fingerprint density at radius 3 is 2.75 bits per heavy atom. The highest BCUT2D eigenvalue weighted by Crippen LogP contribution is 2.32. The number of aryl methyl sites for hydroxylation is 1. The van der Waals surface area contributed by atoms with E-state index < -0.39 is 0 Å². The number of fused-ring (bicyclic) bond motifs is 2. The smallest absolute Gasteiger partial charge is 0.256 e. The second kappa shape index (κ2) is 7.89. The molecule has 1 aliphatic rings. The summed E-state index contributed by atoms with van der Waals surface area (Å²) >= 11 is 0. The van der Waals surface area contributed by atoms with E-state index in [-0.39, 0.29) is 5.91 Å².